The molecule has 0 fully saturated rings. The lowest BCUT2D eigenvalue weighted by Gasteiger charge is -2.23. The summed E-state index contributed by atoms with van der Waals surface area (Å²) >= 11 is 0. The molecule has 0 aliphatic rings. The number of hydrogen-bond acceptors (Lipinski definition) is 5. The number of hydrogen-bond donors (Lipinski definition) is 1. The fraction of sp³-hybridized carbons (Fsp3) is 0.458. The molecule has 0 spiro atoms. The summed E-state index contributed by atoms with van der Waals surface area (Å²) in [6, 6.07) is 14.5. The van der Waals surface area contributed by atoms with Gasteiger partial charge in [0.15, 0.2) is 6.10 Å². The van der Waals surface area contributed by atoms with Crippen molar-refractivity contribution in [1.82, 2.24) is 5.32 Å². The Hall–Kier alpha value is -2.74. The fourth-order valence-corrected chi connectivity index (χ4v) is 3.58. The normalized spacial score (nSPS) is 12.7. The van der Waals surface area contributed by atoms with Crippen LogP contribution in [0.15, 0.2) is 48.5 Å². The molecule has 1 atom stereocenters. The number of para-hydroxylation sites is 1. The van der Waals surface area contributed by atoms with Crippen LogP contribution < -0.4 is 19.1 Å². The first-order chi connectivity index (χ1) is 14.9. The summed E-state index contributed by atoms with van der Waals surface area (Å²) in [5.74, 6) is 1.09. The highest BCUT2D eigenvalue weighted by atomic mass is 32.2. The topological polar surface area (TPSA) is 84.9 Å². The summed E-state index contributed by atoms with van der Waals surface area (Å²) in [4.78, 5) is 12.5. The largest absolute Gasteiger partial charge is 0.491 e. The van der Waals surface area contributed by atoms with E-state index < -0.39 is 16.1 Å². The summed E-state index contributed by atoms with van der Waals surface area (Å²) in [5, 5.41) is 2.86. The molecule has 2 aromatic carbocycles. The third kappa shape index (κ3) is 7.15. The van der Waals surface area contributed by atoms with Crippen molar-refractivity contribution >= 4 is 21.6 Å². The van der Waals surface area contributed by atoms with Gasteiger partial charge in [-0.2, -0.15) is 0 Å². The molecule has 1 unspecified atom stereocenters. The molecule has 0 aliphatic heterocycles. The Morgan fingerprint density at radius 3 is 2.28 bits per heavy atom. The van der Waals surface area contributed by atoms with Gasteiger partial charge in [0.05, 0.1) is 18.5 Å². The third-order valence-corrected chi connectivity index (χ3v) is 6.20. The second-order valence-corrected chi connectivity index (χ2v) is 10.6. The smallest absolute Gasteiger partial charge is 0.261 e. The van der Waals surface area contributed by atoms with Crippen LogP contribution in [0.4, 0.5) is 5.69 Å². The zero-order chi connectivity index (χ0) is 23.9. The summed E-state index contributed by atoms with van der Waals surface area (Å²) < 4.78 is 36.2. The average molecular weight is 463 g/mol. The maximum Gasteiger partial charge on any atom is 0.261 e. The molecule has 0 radical (unpaired) electrons. The molecule has 7 nitrogen and oxygen atoms in total. The molecule has 0 aromatic heterocycles. The molecule has 0 saturated heterocycles. The zero-order valence-corrected chi connectivity index (χ0v) is 20.5. The van der Waals surface area contributed by atoms with E-state index in [-0.39, 0.29) is 11.3 Å². The molecule has 2 aromatic rings. The maximum absolute atomic E-state index is 12.5. The van der Waals surface area contributed by atoms with Crippen LogP contribution in [0.3, 0.4) is 0 Å². The lowest BCUT2D eigenvalue weighted by molar-refractivity contribution is -0.128. The van der Waals surface area contributed by atoms with Gasteiger partial charge in [-0.25, -0.2) is 8.42 Å². The predicted octanol–water partition coefficient (Wildman–Crippen LogP) is 3.73. The molecule has 0 bridgehead atoms. The Morgan fingerprint density at radius 1 is 1.09 bits per heavy atom. The van der Waals surface area contributed by atoms with Gasteiger partial charge in [0.2, 0.25) is 10.0 Å². The lowest BCUT2D eigenvalue weighted by atomic mass is 9.86. The Kier molecular flexibility index (Phi) is 8.55. The second-order valence-electron chi connectivity index (χ2n) is 8.62. The summed E-state index contributed by atoms with van der Waals surface area (Å²) in [6.45, 7) is 8.97. The maximum atomic E-state index is 12.5. The molecule has 0 aliphatic carbocycles. The molecule has 0 heterocycles. The van der Waals surface area contributed by atoms with Gasteiger partial charge in [0.1, 0.15) is 18.1 Å². The van der Waals surface area contributed by atoms with Crippen molar-refractivity contribution in [2.75, 3.05) is 30.8 Å². The van der Waals surface area contributed by atoms with Gasteiger partial charge in [-0.15, -0.1) is 0 Å². The van der Waals surface area contributed by atoms with Crippen LogP contribution >= 0.6 is 0 Å². The van der Waals surface area contributed by atoms with E-state index in [0.717, 1.165) is 17.6 Å². The van der Waals surface area contributed by atoms with E-state index in [1.165, 1.54) is 11.4 Å². The number of carbonyl (C=O) groups is 1. The van der Waals surface area contributed by atoms with Crippen LogP contribution in [-0.2, 0) is 20.2 Å². The van der Waals surface area contributed by atoms with Crippen LogP contribution in [0.1, 0.15) is 39.7 Å². The molecular weight excluding hydrogens is 428 g/mol. The molecule has 32 heavy (non-hydrogen) atoms. The SMILES string of the molecule is CCC(Oc1ccc(N(C)S(C)(=O)=O)cc1)C(=O)NCCOc1ccccc1C(C)(C)C. The number of anilines is 1. The van der Waals surface area contributed by atoms with Crippen molar-refractivity contribution in [3.05, 3.63) is 54.1 Å². The van der Waals surface area contributed by atoms with E-state index in [0.29, 0.717) is 31.0 Å². The molecular formula is C24H34N2O5S. The van der Waals surface area contributed by atoms with Crippen molar-refractivity contribution in [2.24, 2.45) is 0 Å². The summed E-state index contributed by atoms with van der Waals surface area (Å²) in [5.41, 5.74) is 1.60. The lowest BCUT2D eigenvalue weighted by Crippen LogP contribution is -2.39. The van der Waals surface area contributed by atoms with Crippen LogP contribution in [-0.4, -0.2) is 46.9 Å². The quantitative estimate of drug-likeness (QED) is 0.544. The van der Waals surface area contributed by atoms with Crippen LogP contribution in [0.25, 0.3) is 0 Å². The number of amides is 1. The molecule has 1 amide bonds. The molecule has 2 rings (SSSR count). The minimum atomic E-state index is -3.34. The van der Waals surface area contributed by atoms with Crippen molar-refractivity contribution in [3.8, 4) is 11.5 Å². The number of carbonyl (C=O) groups excluding carboxylic acids is 1. The Labute approximate surface area is 191 Å². The summed E-state index contributed by atoms with van der Waals surface area (Å²) in [7, 11) is -1.86. The Balaban J connectivity index is 1.89. The van der Waals surface area contributed by atoms with E-state index in [4.69, 9.17) is 9.47 Å². The van der Waals surface area contributed by atoms with Crippen molar-refractivity contribution in [1.29, 1.82) is 0 Å². The minimum Gasteiger partial charge on any atom is -0.491 e. The van der Waals surface area contributed by atoms with Gasteiger partial charge in [-0.1, -0.05) is 45.9 Å². The molecule has 8 heteroatoms. The van der Waals surface area contributed by atoms with Gasteiger partial charge in [0.25, 0.3) is 5.91 Å². The molecule has 176 valence electrons. The van der Waals surface area contributed by atoms with E-state index in [2.05, 4.69) is 26.1 Å². The minimum absolute atomic E-state index is 0.0351. The van der Waals surface area contributed by atoms with Gasteiger partial charge >= 0.3 is 0 Å². The van der Waals surface area contributed by atoms with Crippen molar-refractivity contribution < 1.29 is 22.7 Å². The third-order valence-electron chi connectivity index (χ3n) is 4.99. The molecule has 0 saturated carbocycles. The number of nitrogens with zero attached hydrogens (tertiary/aromatic N) is 1. The van der Waals surface area contributed by atoms with E-state index >= 15 is 0 Å². The standard InChI is InChI=1S/C24H34N2O5S/c1-7-21(31-19-14-12-18(13-15-19)26(5)32(6,28)29)23(27)25-16-17-30-22-11-9-8-10-20(22)24(2,3)4/h8-15,21H,7,16-17H2,1-6H3,(H,25,27). The van der Waals surface area contributed by atoms with Crippen LogP contribution in [0.5, 0.6) is 11.5 Å². The fourth-order valence-electron chi connectivity index (χ4n) is 3.07. The number of sulfonamides is 1. The van der Waals surface area contributed by atoms with Gasteiger partial charge in [0, 0.05) is 7.05 Å². The summed E-state index contributed by atoms with van der Waals surface area (Å²) in [6.07, 6.45) is 0.973. The second kappa shape index (κ2) is 10.7. The Morgan fingerprint density at radius 2 is 1.72 bits per heavy atom. The highest BCUT2D eigenvalue weighted by Gasteiger charge is 2.20. The molecule has 1 N–H and O–H groups in total. The zero-order valence-electron chi connectivity index (χ0n) is 19.7. The number of rotatable bonds is 10. The highest BCUT2D eigenvalue weighted by molar-refractivity contribution is 7.92. The van der Waals surface area contributed by atoms with Gasteiger partial charge in [-0.3, -0.25) is 9.10 Å². The van der Waals surface area contributed by atoms with E-state index in [1.807, 2.05) is 31.2 Å². The van der Waals surface area contributed by atoms with Gasteiger partial charge < -0.3 is 14.8 Å². The first-order valence-electron chi connectivity index (χ1n) is 10.6. The monoisotopic (exact) mass is 462 g/mol. The van der Waals surface area contributed by atoms with Crippen molar-refractivity contribution in [2.45, 2.75) is 45.6 Å². The van der Waals surface area contributed by atoms with Crippen molar-refractivity contribution in [3.63, 3.8) is 0 Å². The number of ether oxygens (including phenoxy) is 2. The first-order valence-corrected chi connectivity index (χ1v) is 12.5. The van der Waals surface area contributed by atoms with E-state index in [1.54, 1.807) is 24.3 Å². The first kappa shape index (κ1) is 25.5. The van der Waals surface area contributed by atoms with Crippen LogP contribution in [0.2, 0.25) is 0 Å². The van der Waals surface area contributed by atoms with Gasteiger partial charge in [-0.05, 0) is 47.7 Å². The predicted molar refractivity (Wildman–Crippen MR) is 128 cm³/mol. The van der Waals surface area contributed by atoms with E-state index in [9.17, 15) is 13.2 Å². The highest BCUT2D eigenvalue weighted by Crippen LogP contribution is 2.30. The Bertz CT molecular complexity index is 998. The number of benzene rings is 2. The van der Waals surface area contributed by atoms with Crippen LogP contribution in [0, 0.1) is 0 Å². The number of nitrogens with one attached hydrogen (secondary N) is 1. The average Bonchev–Trinajstić information content (AvgIpc) is 2.73.